The van der Waals surface area contributed by atoms with Crippen molar-refractivity contribution in [3.05, 3.63) is 121 Å². The van der Waals surface area contributed by atoms with Crippen LogP contribution in [0.5, 0.6) is 0 Å². The van der Waals surface area contributed by atoms with Crippen LogP contribution in [-0.2, 0) is 18.9 Å². The predicted octanol–water partition coefficient (Wildman–Crippen LogP) is 6.92. The summed E-state index contributed by atoms with van der Waals surface area (Å²) in [4.78, 5) is 35.0. The molecule has 2 fully saturated rings. The van der Waals surface area contributed by atoms with E-state index in [9.17, 15) is 19.8 Å². The number of carbonyl (C=O) groups is 2. The van der Waals surface area contributed by atoms with E-state index in [1.165, 1.54) is 12.5 Å². The fraction of sp³-hybridized carbons (Fsp3) is 0.429. The zero-order valence-electron chi connectivity index (χ0n) is 31.5. The number of fused-ring (bicyclic) bond motifs is 6. The van der Waals surface area contributed by atoms with Gasteiger partial charge in [-0.1, -0.05) is 113 Å². The van der Waals surface area contributed by atoms with Gasteiger partial charge in [0.05, 0.1) is 12.2 Å². The number of hydrogen-bond donors (Lipinski definition) is 2. The van der Waals surface area contributed by atoms with Gasteiger partial charge in [0.2, 0.25) is 11.8 Å². The number of aromatic nitrogens is 2. The van der Waals surface area contributed by atoms with Crippen molar-refractivity contribution in [3.63, 3.8) is 0 Å². The predicted molar refractivity (Wildman–Crippen MR) is 202 cm³/mol. The Labute approximate surface area is 315 Å². The molecule has 0 aromatic carbocycles. The van der Waals surface area contributed by atoms with Crippen LogP contribution in [0.15, 0.2) is 106 Å². The molecule has 2 saturated heterocycles. The molecule has 0 radical (unpaired) electrons. The molecule has 2 N–H and O–H groups in total. The molecule has 3 aliphatic rings. The average Bonchev–Trinajstić information content (AvgIpc) is 3.93. The normalized spacial score (nSPS) is 27.0. The standard InChI is InChI=1S/C42H50N2O10/c1-7-15-33(45)41(3,4)35-21-13-19-31-29(51-31)17-9-12-24-38-44-28(26-50-38)40(48)54-36(42(5,6)34(46)16-8-2)22-14-20-32-30(52-32)18-10-11-23-37-43-27(25-49-37)39(47)53-35/h7-20,23-26,29-36,45-46H,21-22H2,1-6H3/b15-7+,16-8+,17-9?,18-10?,19-13?,20-14?,23-11?,24-12?. The van der Waals surface area contributed by atoms with E-state index in [0.717, 1.165) is 0 Å². The van der Waals surface area contributed by atoms with Gasteiger partial charge in [-0.2, -0.15) is 0 Å². The quantitative estimate of drug-likeness (QED) is 0.178. The number of epoxide rings is 2. The van der Waals surface area contributed by atoms with Crippen LogP contribution in [0.25, 0.3) is 12.2 Å². The van der Waals surface area contributed by atoms with E-state index in [4.69, 9.17) is 27.8 Å². The summed E-state index contributed by atoms with van der Waals surface area (Å²) >= 11 is 0. The maximum atomic E-state index is 13.2. The molecule has 12 heteroatoms. The Bertz CT molecular complexity index is 1700. The zero-order valence-corrected chi connectivity index (χ0v) is 31.5. The Morgan fingerprint density at radius 2 is 1.04 bits per heavy atom. The average molecular weight is 743 g/mol. The van der Waals surface area contributed by atoms with Gasteiger partial charge in [0.15, 0.2) is 11.4 Å². The monoisotopic (exact) mass is 742 g/mol. The maximum absolute atomic E-state index is 13.2. The minimum absolute atomic E-state index is 0.00877. The van der Waals surface area contributed by atoms with Crippen LogP contribution in [0.1, 0.15) is 87.1 Å². The van der Waals surface area contributed by atoms with Crippen LogP contribution in [0.2, 0.25) is 0 Å². The molecule has 0 aliphatic carbocycles. The molecular weight excluding hydrogens is 692 g/mol. The summed E-state index contributed by atoms with van der Waals surface area (Å²) in [6, 6.07) is 0. The number of cyclic esters (lactones) is 2. The first kappa shape index (κ1) is 40.3. The van der Waals surface area contributed by atoms with E-state index >= 15 is 0 Å². The molecule has 3 aliphatic heterocycles. The van der Waals surface area contributed by atoms with Gasteiger partial charge >= 0.3 is 11.9 Å². The molecule has 0 amide bonds. The van der Waals surface area contributed by atoms with Gasteiger partial charge in [-0.15, -0.1) is 0 Å². The fourth-order valence-corrected chi connectivity index (χ4v) is 5.73. The van der Waals surface area contributed by atoms with Crippen molar-refractivity contribution in [2.24, 2.45) is 10.8 Å². The second-order valence-electron chi connectivity index (χ2n) is 14.5. The third-order valence-electron chi connectivity index (χ3n) is 9.67. The molecule has 12 nitrogen and oxygen atoms in total. The number of hydrogen-bond acceptors (Lipinski definition) is 12. The molecule has 5 rings (SSSR count). The summed E-state index contributed by atoms with van der Waals surface area (Å²) in [5.74, 6) is -0.902. The highest BCUT2D eigenvalue weighted by atomic mass is 16.6. The molecule has 54 heavy (non-hydrogen) atoms. The van der Waals surface area contributed by atoms with Crippen LogP contribution in [0.3, 0.4) is 0 Å². The highest BCUT2D eigenvalue weighted by molar-refractivity contribution is 5.87. The van der Waals surface area contributed by atoms with E-state index in [1.54, 1.807) is 60.8 Å². The third-order valence-corrected chi connectivity index (χ3v) is 9.67. The maximum Gasteiger partial charge on any atom is 0.360 e. The molecule has 0 spiro atoms. The van der Waals surface area contributed by atoms with Gasteiger partial charge in [-0.25, -0.2) is 19.6 Å². The van der Waals surface area contributed by atoms with Gasteiger partial charge in [-0.05, 0) is 13.8 Å². The number of esters is 2. The van der Waals surface area contributed by atoms with Crippen molar-refractivity contribution in [2.45, 2.75) is 103 Å². The van der Waals surface area contributed by atoms with E-state index in [2.05, 4.69) is 9.97 Å². The van der Waals surface area contributed by atoms with E-state index in [-0.39, 0.29) is 47.6 Å². The Kier molecular flexibility index (Phi) is 13.4. The van der Waals surface area contributed by atoms with Gasteiger partial charge in [0.25, 0.3) is 0 Å². The minimum atomic E-state index is -0.874. The number of rotatable bonds is 6. The zero-order chi connectivity index (χ0) is 38.9. The summed E-state index contributed by atoms with van der Waals surface area (Å²) < 4.78 is 34.3. The second-order valence-corrected chi connectivity index (χ2v) is 14.5. The molecular formula is C42H50N2O10. The van der Waals surface area contributed by atoms with Crippen molar-refractivity contribution in [2.75, 3.05) is 0 Å². The van der Waals surface area contributed by atoms with E-state index in [0.29, 0.717) is 12.8 Å². The van der Waals surface area contributed by atoms with E-state index in [1.807, 2.05) is 78.0 Å². The number of aliphatic hydroxyl groups is 2. The molecule has 4 bridgehead atoms. The number of ether oxygens (including phenoxy) is 4. The lowest BCUT2D eigenvalue weighted by Gasteiger charge is -2.36. The summed E-state index contributed by atoms with van der Waals surface area (Å²) in [7, 11) is 0. The lowest BCUT2D eigenvalue weighted by Crippen LogP contribution is -2.42. The van der Waals surface area contributed by atoms with Gasteiger partial charge < -0.3 is 38.0 Å². The van der Waals surface area contributed by atoms with Gasteiger partial charge in [0, 0.05) is 35.8 Å². The van der Waals surface area contributed by atoms with E-state index < -0.39 is 47.2 Å². The van der Waals surface area contributed by atoms with Crippen molar-refractivity contribution in [1.29, 1.82) is 0 Å². The second kappa shape index (κ2) is 18.0. The summed E-state index contributed by atoms with van der Waals surface area (Å²) in [6.45, 7) is 11.0. The topological polar surface area (TPSA) is 170 Å². The first-order valence-corrected chi connectivity index (χ1v) is 18.1. The van der Waals surface area contributed by atoms with Crippen molar-refractivity contribution in [1.82, 2.24) is 9.97 Å². The minimum Gasteiger partial charge on any atom is -0.457 e. The number of allylic oxidation sites excluding steroid dienone is 6. The van der Waals surface area contributed by atoms with Gasteiger partial charge in [-0.3, -0.25) is 0 Å². The molecule has 0 saturated carbocycles. The first-order chi connectivity index (χ1) is 25.8. The molecule has 2 aromatic rings. The SMILES string of the molecule is C/C=C/C(O)C(C)(C)C1CC=CC2OC2C=CC=Cc2nc(co2)C(=O)OC(C(C)(C)C(O)/C=C/C)CC=CC2OC2C=CC=Cc2nc(co2)C(=O)O1. The van der Waals surface area contributed by atoms with Crippen LogP contribution >= 0.6 is 0 Å². The Hall–Kier alpha value is -4.88. The first-order valence-electron chi connectivity index (χ1n) is 18.1. The number of oxazole rings is 2. The Balaban J connectivity index is 1.35. The summed E-state index contributed by atoms with van der Waals surface area (Å²) in [5, 5.41) is 21.8. The molecule has 5 heterocycles. The highest BCUT2D eigenvalue weighted by Gasteiger charge is 2.40. The van der Waals surface area contributed by atoms with Crippen molar-refractivity contribution >= 4 is 24.1 Å². The third kappa shape index (κ3) is 10.6. The van der Waals surface area contributed by atoms with Crippen molar-refractivity contribution < 1.29 is 47.6 Å². The summed E-state index contributed by atoms with van der Waals surface area (Å²) in [5.41, 5.74) is -1.65. The summed E-state index contributed by atoms with van der Waals surface area (Å²) in [6.07, 6.45) is 27.7. The molecule has 8 atom stereocenters. The van der Waals surface area contributed by atoms with Gasteiger partial charge in [0.1, 0.15) is 49.2 Å². The van der Waals surface area contributed by atoms with Crippen LogP contribution in [-0.4, -0.2) is 81.0 Å². The molecule has 2 aromatic heterocycles. The highest BCUT2D eigenvalue weighted by Crippen LogP contribution is 2.34. The lowest BCUT2D eigenvalue weighted by atomic mass is 9.79. The molecule has 8 unspecified atom stereocenters. The van der Waals surface area contributed by atoms with Crippen LogP contribution < -0.4 is 0 Å². The smallest absolute Gasteiger partial charge is 0.360 e. The lowest BCUT2D eigenvalue weighted by molar-refractivity contribution is -0.0461. The van der Waals surface area contributed by atoms with Crippen molar-refractivity contribution in [3.8, 4) is 0 Å². The Morgan fingerprint density at radius 1 is 0.648 bits per heavy atom. The Morgan fingerprint density at radius 3 is 1.43 bits per heavy atom. The number of nitrogens with zero attached hydrogens (tertiary/aromatic N) is 2. The largest absolute Gasteiger partial charge is 0.457 e. The van der Waals surface area contributed by atoms with Crippen LogP contribution in [0, 0.1) is 10.8 Å². The number of aliphatic hydroxyl groups excluding tert-OH is 2. The molecule has 288 valence electrons. The number of carbonyl (C=O) groups excluding carboxylic acids is 2. The fourth-order valence-electron chi connectivity index (χ4n) is 5.73. The van der Waals surface area contributed by atoms with Crippen LogP contribution in [0.4, 0.5) is 0 Å².